The van der Waals surface area contributed by atoms with E-state index in [0.717, 1.165) is 36.5 Å². The Balaban J connectivity index is 0.00000182. The Hall–Kier alpha value is -2.08. The molecule has 1 aliphatic rings. The molecule has 1 fully saturated rings. The Kier molecular flexibility index (Phi) is 9.86. The SMILES string of the molecule is Cl.Cl.NCC1CCN(C(=O)C=Cc2ccc(OCc3ccccn3)cc2)C1. The first kappa shape index (κ1) is 23.0. The van der Waals surface area contributed by atoms with E-state index in [1.807, 2.05) is 53.4 Å². The zero-order chi connectivity index (χ0) is 17.5. The van der Waals surface area contributed by atoms with Gasteiger partial charge in [0.05, 0.1) is 5.69 Å². The highest BCUT2D eigenvalue weighted by Crippen LogP contribution is 2.17. The van der Waals surface area contributed by atoms with E-state index in [9.17, 15) is 4.79 Å². The first-order chi connectivity index (χ1) is 12.2. The van der Waals surface area contributed by atoms with Gasteiger partial charge in [0.25, 0.3) is 0 Å². The summed E-state index contributed by atoms with van der Waals surface area (Å²) in [7, 11) is 0. The van der Waals surface area contributed by atoms with Gasteiger partial charge in [0.15, 0.2) is 0 Å². The largest absolute Gasteiger partial charge is 0.487 e. The molecule has 1 aromatic carbocycles. The smallest absolute Gasteiger partial charge is 0.246 e. The number of benzene rings is 1. The summed E-state index contributed by atoms with van der Waals surface area (Å²) in [6.45, 7) is 2.64. The van der Waals surface area contributed by atoms with Crippen LogP contribution in [0.15, 0.2) is 54.7 Å². The van der Waals surface area contributed by atoms with Crippen LogP contribution in [-0.2, 0) is 11.4 Å². The lowest BCUT2D eigenvalue weighted by molar-refractivity contribution is -0.125. The summed E-state index contributed by atoms with van der Waals surface area (Å²) >= 11 is 0. The summed E-state index contributed by atoms with van der Waals surface area (Å²) in [5, 5.41) is 0. The molecule has 7 heteroatoms. The maximum atomic E-state index is 12.2. The Bertz CT molecular complexity index is 724. The lowest BCUT2D eigenvalue weighted by atomic mass is 10.1. The number of nitrogens with zero attached hydrogens (tertiary/aromatic N) is 2. The second kappa shape index (κ2) is 11.6. The molecule has 2 aromatic rings. The molecule has 146 valence electrons. The number of hydrogen-bond donors (Lipinski definition) is 1. The fourth-order valence-corrected chi connectivity index (χ4v) is 2.81. The number of hydrogen-bond acceptors (Lipinski definition) is 4. The molecule has 1 aromatic heterocycles. The van der Waals surface area contributed by atoms with Gasteiger partial charge < -0.3 is 15.4 Å². The number of rotatable bonds is 6. The summed E-state index contributed by atoms with van der Waals surface area (Å²) in [6, 6.07) is 13.4. The molecule has 2 N–H and O–H groups in total. The van der Waals surface area contributed by atoms with Crippen molar-refractivity contribution in [1.29, 1.82) is 0 Å². The van der Waals surface area contributed by atoms with Gasteiger partial charge in [-0.15, -0.1) is 24.8 Å². The van der Waals surface area contributed by atoms with Gasteiger partial charge in [0.1, 0.15) is 12.4 Å². The number of aromatic nitrogens is 1. The molecule has 0 aliphatic carbocycles. The van der Waals surface area contributed by atoms with E-state index >= 15 is 0 Å². The second-order valence-electron chi connectivity index (χ2n) is 6.19. The van der Waals surface area contributed by atoms with E-state index < -0.39 is 0 Å². The predicted octanol–water partition coefficient (Wildman–Crippen LogP) is 3.32. The van der Waals surface area contributed by atoms with Gasteiger partial charge in [0.2, 0.25) is 5.91 Å². The average Bonchev–Trinajstić information content (AvgIpc) is 3.15. The molecule has 27 heavy (non-hydrogen) atoms. The molecule has 0 spiro atoms. The minimum absolute atomic E-state index is 0. The summed E-state index contributed by atoms with van der Waals surface area (Å²) in [4.78, 5) is 18.3. The lowest BCUT2D eigenvalue weighted by Gasteiger charge is -2.13. The molecule has 0 bridgehead atoms. The van der Waals surface area contributed by atoms with Crippen molar-refractivity contribution in [3.8, 4) is 5.75 Å². The minimum atomic E-state index is 0. The van der Waals surface area contributed by atoms with Gasteiger partial charge in [-0.2, -0.15) is 0 Å². The first-order valence-corrected chi connectivity index (χ1v) is 8.54. The van der Waals surface area contributed by atoms with Crippen molar-refractivity contribution < 1.29 is 9.53 Å². The van der Waals surface area contributed by atoms with E-state index in [-0.39, 0.29) is 30.7 Å². The zero-order valence-corrected chi connectivity index (χ0v) is 16.6. The number of nitrogens with two attached hydrogens (primary N) is 1. The van der Waals surface area contributed by atoms with Gasteiger partial charge in [-0.05, 0) is 54.8 Å². The predicted molar refractivity (Wildman–Crippen MR) is 112 cm³/mol. The molecule has 2 heterocycles. The van der Waals surface area contributed by atoms with Crippen molar-refractivity contribution in [2.45, 2.75) is 13.0 Å². The topological polar surface area (TPSA) is 68.5 Å². The second-order valence-corrected chi connectivity index (χ2v) is 6.19. The number of likely N-dealkylation sites (tertiary alicyclic amines) is 1. The highest BCUT2D eigenvalue weighted by molar-refractivity contribution is 5.92. The number of amides is 1. The third-order valence-electron chi connectivity index (χ3n) is 4.34. The highest BCUT2D eigenvalue weighted by Gasteiger charge is 2.23. The highest BCUT2D eigenvalue weighted by atomic mass is 35.5. The number of pyridine rings is 1. The molecule has 1 atom stereocenters. The summed E-state index contributed by atoms with van der Waals surface area (Å²) in [5.74, 6) is 1.26. The molecular weight excluding hydrogens is 385 g/mol. The molecular formula is C20H25Cl2N3O2. The third kappa shape index (κ3) is 6.86. The van der Waals surface area contributed by atoms with E-state index in [2.05, 4.69) is 4.98 Å². The van der Waals surface area contributed by atoms with E-state index in [0.29, 0.717) is 19.1 Å². The van der Waals surface area contributed by atoms with Crippen molar-refractivity contribution in [1.82, 2.24) is 9.88 Å². The molecule has 1 unspecified atom stereocenters. The quantitative estimate of drug-likeness (QED) is 0.742. The molecule has 1 saturated heterocycles. The number of ether oxygens (including phenoxy) is 1. The van der Waals surface area contributed by atoms with Crippen LogP contribution in [0.1, 0.15) is 17.7 Å². The average molecular weight is 410 g/mol. The van der Waals surface area contributed by atoms with Crippen molar-refractivity contribution in [3.63, 3.8) is 0 Å². The van der Waals surface area contributed by atoms with Gasteiger partial charge >= 0.3 is 0 Å². The molecule has 5 nitrogen and oxygen atoms in total. The maximum Gasteiger partial charge on any atom is 0.246 e. The monoisotopic (exact) mass is 409 g/mol. The van der Waals surface area contributed by atoms with Gasteiger partial charge in [-0.3, -0.25) is 9.78 Å². The number of halogens is 2. The van der Waals surface area contributed by atoms with Crippen LogP contribution in [-0.4, -0.2) is 35.4 Å². The Morgan fingerprint density at radius 1 is 1.22 bits per heavy atom. The van der Waals surface area contributed by atoms with Crippen molar-refractivity contribution in [2.75, 3.05) is 19.6 Å². The third-order valence-corrected chi connectivity index (χ3v) is 4.34. The van der Waals surface area contributed by atoms with E-state index in [1.54, 1.807) is 12.3 Å². The lowest BCUT2D eigenvalue weighted by Crippen LogP contribution is -2.28. The van der Waals surface area contributed by atoms with E-state index in [4.69, 9.17) is 10.5 Å². The Morgan fingerprint density at radius 3 is 2.63 bits per heavy atom. The fraction of sp³-hybridized carbons (Fsp3) is 0.300. The summed E-state index contributed by atoms with van der Waals surface area (Å²) in [6.07, 6.45) is 6.21. The van der Waals surface area contributed by atoms with Crippen LogP contribution < -0.4 is 10.5 Å². The minimum Gasteiger partial charge on any atom is -0.487 e. The molecule has 1 aliphatic heterocycles. The van der Waals surface area contributed by atoms with Crippen LogP contribution in [0, 0.1) is 5.92 Å². The van der Waals surface area contributed by atoms with Crippen LogP contribution in [0.4, 0.5) is 0 Å². The first-order valence-electron chi connectivity index (χ1n) is 8.54. The van der Waals surface area contributed by atoms with Gasteiger partial charge in [-0.25, -0.2) is 0 Å². The standard InChI is InChI=1S/C20H23N3O2.2ClH/c21-13-17-10-12-23(14-17)20(24)9-6-16-4-7-19(8-5-16)25-15-18-3-1-2-11-22-18;;/h1-9,11,17H,10,12-15,21H2;2*1H. The van der Waals surface area contributed by atoms with Gasteiger partial charge in [0, 0.05) is 25.4 Å². The maximum absolute atomic E-state index is 12.2. The zero-order valence-electron chi connectivity index (χ0n) is 15.0. The van der Waals surface area contributed by atoms with E-state index in [1.165, 1.54) is 0 Å². The number of carbonyl (C=O) groups is 1. The summed E-state index contributed by atoms with van der Waals surface area (Å²) in [5.41, 5.74) is 7.52. The van der Waals surface area contributed by atoms with Crippen molar-refractivity contribution >= 4 is 36.8 Å². The summed E-state index contributed by atoms with van der Waals surface area (Å²) < 4.78 is 5.70. The Morgan fingerprint density at radius 2 is 2.00 bits per heavy atom. The number of carbonyl (C=O) groups excluding carboxylic acids is 1. The fourth-order valence-electron chi connectivity index (χ4n) is 2.81. The van der Waals surface area contributed by atoms with Gasteiger partial charge in [-0.1, -0.05) is 18.2 Å². The van der Waals surface area contributed by atoms with Crippen LogP contribution in [0.25, 0.3) is 6.08 Å². The van der Waals surface area contributed by atoms with Crippen LogP contribution in [0.3, 0.4) is 0 Å². The van der Waals surface area contributed by atoms with Crippen LogP contribution >= 0.6 is 24.8 Å². The molecule has 0 saturated carbocycles. The normalized spacial score (nSPS) is 15.9. The molecule has 1 amide bonds. The van der Waals surface area contributed by atoms with Crippen molar-refractivity contribution in [2.24, 2.45) is 11.7 Å². The molecule has 3 rings (SSSR count). The van der Waals surface area contributed by atoms with Crippen molar-refractivity contribution in [3.05, 3.63) is 66.0 Å². The van der Waals surface area contributed by atoms with Crippen LogP contribution in [0.2, 0.25) is 0 Å². The van der Waals surface area contributed by atoms with Crippen LogP contribution in [0.5, 0.6) is 5.75 Å². The molecule has 0 radical (unpaired) electrons. The Labute approximate surface area is 172 Å².